The molecule has 3 rings (SSSR count). The molecular weight excluding hydrogens is 287 g/mol. The fourth-order valence-electron chi connectivity index (χ4n) is 2.49. The minimum atomic E-state index is -0.226. The number of aryl methyl sites for hydroxylation is 1. The zero-order chi connectivity index (χ0) is 15.0. The van der Waals surface area contributed by atoms with Gasteiger partial charge in [-0.25, -0.2) is 9.37 Å². The fourth-order valence-corrected chi connectivity index (χ4v) is 2.66. The molecule has 3 aromatic rings. The Labute approximate surface area is 128 Å². The first kappa shape index (κ1) is 14.1. The highest BCUT2D eigenvalue weighted by atomic mass is 35.5. The van der Waals surface area contributed by atoms with Crippen LogP contribution in [0.15, 0.2) is 42.5 Å². The summed E-state index contributed by atoms with van der Waals surface area (Å²) < 4.78 is 15.1. The number of imidazole rings is 1. The Morgan fingerprint density at radius 2 is 1.90 bits per heavy atom. The highest BCUT2D eigenvalue weighted by Gasteiger charge is 2.15. The first-order valence-corrected chi connectivity index (χ1v) is 7.33. The van der Waals surface area contributed by atoms with Gasteiger partial charge >= 0.3 is 0 Å². The van der Waals surface area contributed by atoms with E-state index in [9.17, 15) is 4.39 Å². The minimum absolute atomic E-state index is 0.182. The van der Waals surface area contributed by atoms with Crippen LogP contribution in [0.25, 0.3) is 11.0 Å². The molecule has 1 aromatic heterocycles. The lowest BCUT2D eigenvalue weighted by Gasteiger charge is -2.11. The Morgan fingerprint density at radius 3 is 2.57 bits per heavy atom. The third kappa shape index (κ3) is 2.79. The smallest absolute Gasteiger partial charge is 0.128 e. The van der Waals surface area contributed by atoms with Crippen LogP contribution in [0, 0.1) is 12.7 Å². The molecule has 2 aromatic carbocycles. The van der Waals surface area contributed by atoms with Gasteiger partial charge in [-0.05, 0) is 49.2 Å². The van der Waals surface area contributed by atoms with E-state index in [-0.39, 0.29) is 11.2 Å². The van der Waals surface area contributed by atoms with Crippen molar-refractivity contribution in [2.24, 2.45) is 0 Å². The van der Waals surface area contributed by atoms with Gasteiger partial charge < -0.3 is 4.57 Å². The van der Waals surface area contributed by atoms with E-state index in [4.69, 9.17) is 11.6 Å². The number of hydrogen-bond donors (Lipinski definition) is 0. The van der Waals surface area contributed by atoms with Gasteiger partial charge in [0.05, 0.1) is 16.4 Å². The van der Waals surface area contributed by atoms with Gasteiger partial charge in [-0.3, -0.25) is 0 Å². The second kappa shape index (κ2) is 5.49. The van der Waals surface area contributed by atoms with Gasteiger partial charge in [0.25, 0.3) is 0 Å². The van der Waals surface area contributed by atoms with Crippen molar-refractivity contribution in [3.63, 3.8) is 0 Å². The molecule has 0 amide bonds. The lowest BCUT2D eigenvalue weighted by atomic mass is 10.2. The van der Waals surface area contributed by atoms with E-state index in [1.165, 1.54) is 17.7 Å². The maximum atomic E-state index is 13.0. The van der Waals surface area contributed by atoms with Crippen LogP contribution in [-0.4, -0.2) is 9.55 Å². The second-order valence-electron chi connectivity index (χ2n) is 5.29. The zero-order valence-corrected chi connectivity index (χ0v) is 12.7. The first-order valence-electron chi connectivity index (χ1n) is 6.90. The van der Waals surface area contributed by atoms with Crippen molar-refractivity contribution in [1.82, 2.24) is 9.55 Å². The first-order chi connectivity index (χ1) is 10.0. The molecule has 108 valence electrons. The third-order valence-electron chi connectivity index (χ3n) is 3.54. The number of fused-ring (bicyclic) bond motifs is 1. The highest BCUT2D eigenvalue weighted by Crippen LogP contribution is 2.26. The maximum Gasteiger partial charge on any atom is 0.128 e. The molecule has 0 aliphatic carbocycles. The lowest BCUT2D eigenvalue weighted by Crippen LogP contribution is -2.06. The summed E-state index contributed by atoms with van der Waals surface area (Å²) in [5, 5.41) is -0.182. The van der Waals surface area contributed by atoms with E-state index in [2.05, 4.69) is 22.5 Å². The van der Waals surface area contributed by atoms with E-state index in [0.29, 0.717) is 6.54 Å². The standard InChI is InChI=1S/C17H16ClFN2/c1-11-3-8-15-16(9-11)21(17(20-15)12(2)18)10-13-4-6-14(19)7-5-13/h3-9,12H,10H2,1-2H3. The van der Waals surface area contributed by atoms with Crippen molar-refractivity contribution in [2.45, 2.75) is 25.8 Å². The third-order valence-corrected chi connectivity index (χ3v) is 3.74. The monoisotopic (exact) mass is 302 g/mol. The average Bonchev–Trinajstić information content (AvgIpc) is 2.80. The van der Waals surface area contributed by atoms with Crippen molar-refractivity contribution >= 4 is 22.6 Å². The van der Waals surface area contributed by atoms with E-state index < -0.39 is 0 Å². The zero-order valence-electron chi connectivity index (χ0n) is 12.0. The molecule has 0 saturated carbocycles. The minimum Gasteiger partial charge on any atom is -0.322 e. The van der Waals surface area contributed by atoms with E-state index >= 15 is 0 Å². The normalized spacial score (nSPS) is 12.8. The molecule has 0 bridgehead atoms. The van der Waals surface area contributed by atoms with Crippen LogP contribution >= 0.6 is 11.6 Å². The van der Waals surface area contributed by atoms with Crippen LogP contribution in [0.5, 0.6) is 0 Å². The molecule has 0 fully saturated rings. The second-order valence-corrected chi connectivity index (χ2v) is 5.95. The van der Waals surface area contributed by atoms with Gasteiger partial charge in [0.2, 0.25) is 0 Å². The number of benzene rings is 2. The van der Waals surface area contributed by atoms with Crippen LogP contribution in [0.2, 0.25) is 0 Å². The molecule has 2 nitrogen and oxygen atoms in total. The fraction of sp³-hybridized carbons (Fsp3) is 0.235. The van der Waals surface area contributed by atoms with Crippen molar-refractivity contribution in [3.05, 3.63) is 65.2 Å². The molecule has 0 spiro atoms. The molecule has 21 heavy (non-hydrogen) atoms. The molecule has 0 aliphatic heterocycles. The number of aromatic nitrogens is 2. The summed E-state index contributed by atoms with van der Waals surface area (Å²) in [4.78, 5) is 4.62. The summed E-state index contributed by atoms with van der Waals surface area (Å²) >= 11 is 6.27. The predicted molar refractivity (Wildman–Crippen MR) is 84.2 cm³/mol. The topological polar surface area (TPSA) is 17.8 Å². The summed E-state index contributed by atoms with van der Waals surface area (Å²) in [6.45, 7) is 4.60. The Bertz CT molecular complexity index is 775. The lowest BCUT2D eigenvalue weighted by molar-refractivity contribution is 0.626. The summed E-state index contributed by atoms with van der Waals surface area (Å²) in [7, 11) is 0. The van der Waals surface area contributed by atoms with Crippen LogP contribution in [-0.2, 0) is 6.54 Å². The van der Waals surface area contributed by atoms with Gasteiger partial charge in [-0.1, -0.05) is 18.2 Å². The van der Waals surface area contributed by atoms with Gasteiger partial charge in [-0.2, -0.15) is 0 Å². The predicted octanol–water partition coefficient (Wildman–Crippen LogP) is 4.83. The quantitative estimate of drug-likeness (QED) is 0.634. The van der Waals surface area contributed by atoms with Crippen LogP contribution in [0.3, 0.4) is 0 Å². The Kier molecular flexibility index (Phi) is 3.68. The van der Waals surface area contributed by atoms with E-state index in [0.717, 1.165) is 22.4 Å². The average molecular weight is 303 g/mol. The molecular formula is C17H16ClFN2. The molecule has 1 unspecified atom stereocenters. The number of halogens is 2. The Hall–Kier alpha value is -1.87. The number of alkyl halides is 1. The van der Waals surface area contributed by atoms with Gasteiger partial charge in [-0.15, -0.1) is 11.6 Å². The van der Waals surface area contributed by atoms with Crippen molar-refractivity contribution < 1.29 is 4.39 Å². The molecule has 0 N–H and O–H groups in total. The maximum absolute atomic E-state index is 13.0. The summed E-state index contributed by atoms with van der Waals surface area (Å²) in [6.07, 6.45) is 0. The van der Waals surface area contributed by atoms with Crippen LogP contribution in [0.1, 0.15) is 29.3 Å². The summed E-state index contributed by atoms with van der Waals surface area (Å²) in [6, 6.07) is 12.7. The molecule has 0 saturated heterocycles. The molecule has 4 heteroatoms. The van der Waals surface area contributed by atoms with Crippen molar-refractivity contribution in [3.8, 4) is 0 Å². The molecule has 1 heterocycles. The number of hydrogen-bond acceptors (Lipinski definition) is 1. The number of rotatable bonds is 3. The Morgan fingerprint density at radius 1 is 1.19 bits per heavy atom. The van der Waals surface area contributed by atoms with Gasteiger partial charge in [0, 0.05) is 6.54 Å². The summed E-state index contributed by atoms with van der Waals surface area (Å²) in [5.74, 6) is 0.609. The SMILES string of the molecule is Cc1ccc2nc(C(C)Cl)n(Cc3ccc(F)cc3)c2c1. The molecule has 0 aliphatic rings. The van der Waals surface area contributed by atoms with E-state index in [1.807, 2.05) is 19.1 Å². The van der Waals surface area contributed by atoms with E-state index in [1.54, 1.807) is 12.1 Å². The highest BCUT2D eigenvalue weighted by molar-refractivity contribution is 6.20. The summed E-state index contributed by atoms with van der Waals surface area (Å²) in [5.41, 5.74) is 4.19. The molecule has 1 atom stereocenters. The van der Waals surface area contributed by atoms with Crippen molar-refractivity contribution in [2.75, 3.05) is 0 Å². The van der Waals surface area contributed by atoms with Gasteiger partial charge in [0.15, 0.2) is 0 Å². The van der Waals surface area contributed by atoms with Gasteiger partial charge in [0.1, 0.15) is 11.6 Å². The van der Waals surface area contributed by atoms with Crippen molar-refractivity contribution in [1.29, 1.82) is 0 Å². The van der Waals surface area contributed by atoms with Crippen LogP contribution < -0.4 is 0 Å². The van der Waals surface area contributed by atoms with Crippen LogP contribution in [0.4, 0.5) is 4.39 Å². The Balaban J connectivity index is 2.12. The number of nitrogens with zero attached hydrogens (tertiary/aromatic N) is 2. The molecule has 0 radical (unpaired) electrons. The largest absolute Gasteiger partial charge is 0.322 e.